The number of rotatable bonds is 3. The predicted octanol–water partition coefficient (Wildman–Crippen LogP) is 0.156. The van der Waals surface area contributed by atoms with Gasteiger partial charge in [0.2, 0.25) is 0 Å². The Morgan fingerprint density at radius 1 is 2.00 bits per heavy atom. The van der Waals surface area contributed by atoms with Crippen molar-refractivity contribution in [3.63, 3.8) is 0 Å². The van der Waals surface area contributed by atoms with Gasteiger partial charge in [-0.1, -0.05) is 0 Å². The van der Waals surface area contributed by atoms with Crippen LogP contribution in [0.25, 0.3) is 0 Å². The Hall–Kier alpha value is -0.420. The predicted molar refractivity (Wildman–Crippen MR) is 35.8 cm³/mol. The second kappa shape index (κ2) is 4.46. The zero-order valence-electron chi connectivity index (χ0n) is 5.00. The first-order valence-electron chi connectivity index (χ1n) is 2.34. The van der Waals surface area contributed by atoms with Gasteiger partial charge >= 0.3 is 6.09 Å². The molecule has 0 aromatic rings. The maximum Gasteiger partial charge on any atom is 0.404 e. The molecule has 0 spiro atoms. The molecule has 0 heterocycles. The number of amides is 1. The van der Waals surface area contributed by atoms with Crippen LogP contribution in [0.15, 0.2) is 0 Å². The van der Waals surface area contributed by atoms with E-state index in [1.165, 1.54) is 7.11 Å². The van der Waals surface area contributed by atoms with Crippen molar-refractivity contribution in [1.82, 2.24) is 5.32 Å². The summed E-state index contributed by atoms with van der Waals surface area (Å²) in [5.74, 6) is 0. The topological polar surface area (TPSA) is 58.6 Å². The lowest BCUT2D eigenvalue weighted by Gasteiger charge is -2.06. The number of hydrogen-bond donors (Lipinski definition) is 3. The maximum absolute atomic E-state index is 9.82. The number of carbonyl (C=O) groups is 1. The molecule has 0 fully saturated rings. The Morgan fingerprint density at radius 3 is 2.89 bits per heavy atom. The minimum atomic E-state index is -1.06. The summed E-state index contributed by atoms with van der Waals surface area (Å²) < 4.78 is 4.64. The van der Waals surface area contributed by atoms with E-state index in [-0.39, 0.29) is 12.0 Å². The molecule has 0 aliphatic carbocycles. The summed E-state index contributed by atoms with van der Waals surface area (Å²) in [5.41, 5.74) is -0.360. The van der Waals surface area contributed by atoms with Gasteiger partial charge in [-0.05, 0) is 0 Å². The van der Waals surface area contributed by atoms with Gasteiger partial charge in [-0.3, -0.25) is 0 Å². The molecule has 54 valence electrons. The third-order valence-corrected chi connectivity index (χ3v) is 1.09. The second-order valence-electron chi connectivity index (χ2n) is 1.38. The average Bonchev–Trinajstić information content (AvgIpc) is 1.83. The Bertz CT molecular complexity index is 97.8. The molecule has 0 aliphatic rings. The highest BCUT2D eigenvalue weighted by Gasteiger charge is 2.00. The fraction of sp³-hybridized carbons (Fsp3) is 0.750. The molecule has 0 saturated carbocycles. The normalized spacial score (nSPS) is 12.7. The van der Waals surface area contributed by atoms with Gasteiger partial charge in [0.1, 0.15) is 5.44 Å². The fourth-order valence-electron chi connectivity index (χ4n) is 0.258. The molecule has 0 bridgehead atoms. The van der Waals surface area contributed by atoms with Crippen molar-refractivity contribution in [2.24, 2.45) is 0 Å². The smallest absolute Gasteiger partial charge is 0.404 e. The molecule has 1 unspecified atom stereocenters. The van der Waals surface area contributed by atoms with Crippen LogP contribution < -0.4 is 5.32 Å². The van der Waals surface area contributed by atoms with Crippen LogP contribution in [-0.4, -0.2) is 30.3 Å². The van der Waals surface area contributed by atoms with Crippen LogP contribution in [0, 0.1) is 0 Å². The summed E-state index contributed by atoms with van der Waals surface area (Å²) in [5, 5.41) is 10.2. The van der Waals surface area contributed by atoms with Crippen molar-refractivity contribution in [2.75, 3.05) is 13.7 Å². The molecule has 0 aliphatic heterocycles. The lowest BCUT2D eigenvalue weighted by molar-refractivity contribution is 0.161. The van der Waals surface area contributed by atoms with Crippen LogP contribution in [0.4, 0.5) is 4.79 Å². The number of thiol groups is 1. The van der Waals surface area contributed by atoms with E-state index >= 15 is 0 Å². The molecule has 0 saturated heterocycles. The first kappa shape index (κ1) is 8.58. The van der Waals surface area contributed by atoms with Gasteiger partial charge in [0.05, 0.1) is 6.54 Å². The minimum Gasteiger partial charge on any atom is -0.465 e. The van der Waals surface area contributed by atoms with E-state index in [0.29, 0.717) is 0 Å². The van der Waals surface area contributed by atoms with E-state index in [0.717, 1.165) is 0 Å². The molecule has 4 nitrogen and oxygen atoms in total. The molecule has 0 radical (unpaired) electrons. The first-order chi connectivity index (χ1) is 4.16. The molecule has 0 aromatic heterocycles. The van der Waals surface area contributed by atoms with Gasteiger partial charge in [0.25, 0.3) is 0 Å². The third-order valence-electron chi connectivity index (χ3n) is 0.700. The van der Waals surface area contributed by atoms with Gasteiger partial charge in [0.15, 0.2) is 0 Å². The SMILES string of the molecule is COC(S)CNC(=O)O. The monoisotopic (exact) mass is 151 g/mol. The molecule has 2 N–H and O–H groups in total. The average molecular weight is 151 g/mol. The number of ether oxygens (including phenoxy) is 1. The molecule has 5 heteroatoms. The van der Waals surface area contributed by atoms with Gasteiger partial charge in [-0.2, -0.15) is 0 Å². The highest BCUT2D eigenvalue weighted by Crippen LogP contribution is 1.90. The van der Waals surface area contributed by atoms with Gasteiger partial charge in [-0.15, -0.1) is 12.6 Å². The van der Waals surface area contributed by atoms with E-state index in [1.807, 2.05) is 0 Å². The van der Waals surface area contributed by atoms with Crippen LogP contribution in [0.2, 0.25) is 0 Å². The van der Waals surface area contributed by atoms with Crippen molar-refractivity contribution in [1.29, 1.82) is 0 Å². The quantitative estimate of drug-likeness (QED) is 0.397. The summed E-state index contributed by atoms with van der Waals surface area (Å²) in [4.78, 5) is 9.82. The molecule has 9 heavy (non-hydrogen) atoms. The van der Waals surface area contributed by atoms with E-state index in [9.17, 15) is 4.79 Å². The van der Waals surface area contributed by atoms with Crippen LogP contribution in [-0.2, 0) is 4.74 Å². The number of carboxylic acid groups (broad SMARTS) is 1. The van der Waals surface area contributed by atoms with Crippen molar-refractivity contribution < 1.29 is 14.6 Å². The van der Waals surface area contributed by atoms with Crippen molar-refractivity contribution in [3.8, 4) is 0 Å². The first-order valence-corrected chi connectivity index (χ1v) is 2.86. The van der Waals surface area contributed by atoms with Gasteiger partial charge in [-0.25, -0.2) is 4.79 Å². The Labute approximate surface area is 58.6 Å². The zero-order valence-corrected chi connectivity index (χ0v) is 5.89. The summed E-state index contributed by atoms with van der Waals surface area (Å²) in [6, 6.07) is 0. The zero-order chi connectivity index (χ0) is 7.28. The largest absolute Gasteiger partial charge is 0.465 e. The molecular formula is C4H9NO3S. The van der Waals surface area contributed by atoms with E-state index in [2.05, 4.69) is 22.7 Å². The van der Waals surface area contributed by atoms with Crippen molar-refractivity contribution >= 4 is 18.7 Å². The number of methoxy groups -OCH3 is 1. The lowest BCUT2D eigenvalue weighted by atomic mass is 10.7. The van der Waals surface area contributed by atoms with Crippen molar-refractivity contribution in [2.45, 2.75) is 5.44 Å². The standard InChI is InChI=1S/C4H9NO3S/c1-8-3(9)2-5-4(6)7/h3,5,9H,2H2,1H3,(H,6,7). The molecule has 0 aromatic carbocycles. The van der Waals surface area contributed by atoms with Crippen LogP contribution in [0.3, 0.4) is 0 Å². The van der Waals surface area contributed by atoms with Gasteiger partial charge < -0.3 is 15.2 Å². The van der Waals surface area contributed by atoms with E-state index in [1.54, 1.807) is 0 Å². The van der Waals surface area contributed by atoms with Crippen LogP contribution in [0.1, 0.15) is 0 Å². The molecule has 1 atom stereocenters. The number of nitrogens with one attached hydrogen (secondary N) is 1. The number of hydrogen-bond acceptors (Lipinski definition) is 3. The summed E-state index contributed by atoms with van der Waals surface area (Å²) in [7, 11) is 1.46. The highest BCUT2D eigenvalue weighted by atomic mass is 32.1. The fourth-order valence-corrected chi connectivity index (χ4v) is 0.349. The highest BCUT2D eigenvalue weighted by molar-refractivity contribution is 7.80. The van der Waals surface area contributed by atoms with Crippen molar-refractivity contribution in [3.05, 3.63) is 0 Å². The third kappa shape index (κ3) is 5.45. The summed E-state index contributed by atoms with van der Waals surface area (Å²) >= 11 is 3.86. The lowest BCUT2D eigenvalue weighted by Crippen LogP contribution is -2.28. The summed E-state index contributed by atoms with van der Waals surface area (Å²) in [6.45, 7) is 0.203. The maximum atomic E-state index is 9.82. The molecule has 0 rings (SSSR count). The Morgan fingerprint density at radius 2 is 2.56 bits per heavy atom. The molecule has 1 amide bonds. The molecular weight excluding hydrogens is 142 g/mol. The minimum absolute atomic E-state index is 0.203. The second-order valence-corrected chi connectivity index (χ2v) is 1.95. The van der Waals surface area contributed by atoms with E-state index < -0.39 is 6.09 Å². The van der Waals surface area contributed by atoms with Gasteiger partial charge in [0, 0.05) is 7.11 Å². The van der Waals surface area contributed by atoms with Crippen LogP contribution in [0.5, 0.6) is 0 Å². The Balaban J connectivity index is 3.16. The summed E-state index contributed by atoms with van der Waals surface area (Å²) in [6.07, 6.45) is -1.06. The van der Waals surface area contributed by atoms with Crippen LogP contribution >= 0.6 is 12.6 Å². The Kier molecular flexibility index (Phi) is 4.25. The van der Waals surface area contributed by atoms with E-state index in [4.69, 9.17) is 5.11 Å².